The molecule has 2 heteroatoms. The zero-order valence-electron chi connectivity index (χ0n) is 21.2. The third kappa shape index (κ3) is 13.6. The van der Waals surface area contributed by atoms with Gasteiger partial charge in [-0.15, -0.1) is 0 Å². The molecule has 0 aromatic carbocycles. The van der Waals surface area contributed by atoms with E-state index < -0.39 is 0 Å². The van der Waals surface area contributed by atoms with Crippen LogP contribution in [0.25, 0.3) is 0 Å². The van der Waals surface area contributed by atoms with Crippen molar-refractivity contribution in [2.24, 2.45) is 0 Å². The second kappa shape index (κ2) is 20.3. The standard InChI is InChI=1S/C28H56N2/c1-4-7-10-13-15-16-17-18-20-23-28-29(24-21-12-9-6-3)26-27-30(28)25-22-19-14-11-8-5-2/h26-28H,4-25H2,1-3H3. The Balaban J connectivity index is 2.26. The van der Waals surface area contributed by atoms with Crippen molar-refractivity contribution in [2.45, 2.75) is 155 Å². The second-order valence-electron chi connectivity index (χ2n) is 9.70. The van der Waals surface area contributed by atoms with Crippen LogP contribution in [0.4, 0.5) is 0 Å². The van der Waals surface area contributed by atoms with E-state index in [-0.39, 0.29) is 0 Å². The van der Waals surface area contributed by atoms with Crippen molar-refractivity contribution < 1.29 is 0 Å². The van der Waals surface area contributed by atoms with Crippen LogP contribution in [0.1, 0.15) is 149 Å². The molecule has 1 unspecified atom stereocenters. The lowest BCUT2D eigenvalue weighted by molar-refractivity contribution is 0.135. The number of hydrogen-bond donors (Lipinski definition) is 0. The fourth-order valence-electron chi connectivity index (χ4n) is 4.77. The number of rotatable bonds is 22. The van der Waals surface area contributed by atoms with E-state index in [4.69, 9.17) is 0 Å². The van der Waals surface area contributed by atoms with Gasteiger partial charge in [-0.1, -0.05) is 124 Å². The fourth-order valence-corrected chi connectivity index (χ4v) is 4.77. The summed E-state index contributed by atoms with van der Waals surface area (Å²) in [6.07, 6.45) is 33.6. The molecule has 1 heterocycles. The summed E-state index contributed by atoms with van der Waals surface area (Å²) in [6, 6.07) is 0. The van der Waals surface area contributed by atoms with E-state index in [1.165, 1.54) is 142 Å². The first-order chi connectivity index (χ1) is 14.8. The van der Waals surface area contributed by atoms with Crippen LogP contribution in [-0.2, 0) is 0 Å². The third-order valence-electron chi connectivity index (χ3n) is 6.82. The van der Waals surface area contributed by atoms with E-state index in [0.29, 0.717) is 6.17 Å². The molecule has 2 nitrogen and oxygen atoms in total. The molecule has 0 bridgehead atoms. The SMILES string of the molecule is CCCCCCCCCCCC1N(CCCCCC)C=CN1CCCCCCCC. The molecule has 1 rings (SSSR count). The quantitative estimate of drug-likeness (QED) is 0.161. The largest absolute Gasteiger partial charge is 0.356 e. The summed E-state index contributed by atoms with van der Waals surface area (Å²) in [7, 11) is 0. The minimum absolute atomic E-state index is 0.645. The van der Waals surface area contributed by atoms with Gasteiger partial charge in [-0.05, 0) is 25.7 Å². The summed E-state index contributed by atoms with van der Waals surface area (Å²) in [5.41, 5.74) is 0. The van der Waals surface area contributed by atoms with Crippen molar-refractivity contribution in [1.82, 2.24) is 9.80 Å². The van der Waals surface area contributed by atoms with E-state index >= 15 is 0 Å². The van der Waals surface area contributed by atoms with Crippen LogP contribution in [-0.4, -0.2) is 29.1 Å². The van der Waals surface area contributed by atoms with Gasteiger partial charge in [-0.25, -0.2) is 0 Å². The Kier molecular flexibility index (Phi) is 18.5. The van der Waals surface area contributed by atoms with Gasteiger partial charge in [-0.2, -0.15) is 0 Å². The molecule has 0 amide bonds. The lowest BCUT2D eigenvalue weighted by Crippen LogP contribution is -2.39. The summed E-state index contributed by atoms with van der Waals surface area (Å²) in [5.74, 6) is 0. The summed E-state index contributed by atoms with van der Waals surface area (Å²) < 4.78 is 0. The van der Waals surface area contributed by atoms with E-state index in [2.05, 4.69) is 43.0 Å². The number of hydrogen-bond acceptors (Lipinski definition) is 2. The van der Waals surface area contributed by atoms with Crippen molar-refractivity contribution in [1.29, 1.82) is 0 Å². The lowest BCUT2D eigenvalue weighted by Gasteiger charge is -2.33. The second-order valence-corrected chi connectivity index (χ2v) is 9.70. The van der Waals surface area contributed by atoms with Gasteiger partial charge in [0.1, 0.15) is 6.17 Å². The molecule has 0 aromatic rings. The normalized spacial score (nSPS) is 16.2. The Bertz CT molecular complexity index is 379. The van der Waals surface area contributed by atoms with Crippen LogP contribution in [0, 0.1) is 0 Å². The third-order valence-corrected chi connectivity index (χ3v) is 6.82. The first-order valence-corrected chi connectivity index (χ1v) is 14.0. The molecule has 178 valence electrons. The van der Waals surface area contributed by atoms with Crippen LogP contribution in [0.3, 0.4) is 0 Å². The van der Waals surface area contributed by atoms with Gasteiger partial charge in [-0.3, -0.25) is 0 Å². The Morgan fingerprint density at radius 2 is 0.767 bits per heavy atom. The van der Waals surface area contributed by atoms with Crippen LogP contribution >= 0.6 is 0 Å². The van der Waals surface area contributed by atoms with E-state index in [1.807, 2.05) is 0 Å². The molecule has 0 N–H and O–H groups in total. The zero-order chi connectivity index (χ0) is 21.7. The van der Waals surface area contributed by atoms with Gasteiger partial charge < -0.3 is 9.80 Å². The summed E-state index contributed by atoms with van der Waals surface area (Å²) in [6.45, 7) is 9.44. The van der Waals surface area contributed by atoms with Crippen molar-refractivity contribution in [3.05, 3.63) is 12.4 Å². The molecule has 1 atom stereocenters. The lowest BCUT2D eigenvalue weighted by atomic mass is 10.1. The highest BCUT2D eigenvalue weighted by Gasteiger charge is 2.24. The molecular weight excluding hydrogens is 364 g/mol. The first-order valence-electron chi connectivity index (χ1n) is 14.0. The van der Waals surface area contributed by atoms with Crippen molar-refractivity contribution >= 4 is 0 Å². The Morgan fingerprint density at radius 1 is 0.433 bits per heavy atom. The molecule has 0 aromatic heterocycles. The maximum absolute atomic E-state index is 2.67. The smallest absolute Gasteiger partial charge is 0.101 e. The van der Waals surface area contributed by atoms with E-state index in [1.54, 1.807) is 0 Å². The average Bonchev–Trinajstić information content (AvgIpc) is 3.14. The molecule has 0 fully saturated rings. The average molecular weight is 421 g/mol. The topological polar surface area (TPSA) is 6.48 Å². The summed E-state index contributed by atoms with van der Waals surface area (Å²) in [5, 5.41) is 0. The number of nitrogens with zero attached hydrogens (tertiary/aromatic N) is 2. The van der Waals surface area contributed by atoms with Crippen molar-refractivity contribution in [3.8, 4) is 0 Å². The van der Waals surface area contributed by atoms with Crippen LogP contribution in [0.5, 0.6) is 0 Å². The fraction of sp³-hybridized carbons (Fsp3) is 0.929. The molecular formula is C28H56N2. The Labute approximate surface area is 190 Å². The molecule has 0 radical (unpaired) electrons. The molecule has 1 aliphatic rings. The zero-order valence-corrected chi connectivity index (χ0v) is 21.2. The van der Waals surface area contributed by atoms with Crippen LogP contribution in [0.15, 0.2) is 12.4 Å². The predicted molar refractivity (Wildman–Crippen MR) is 136 cm³/mol. The predicted octanol–water partition coefficient (Wildman–Crippen LogP) is 9.26. The molecule has 1 aliphatic heterocycles. The van der Waals surface area contributed by atoms with Crippen LogP contribution in [0.2, 0.25) is 0 Å². The summed E-state index contributed by atoms with van der Waals surface area (Å²) >= 11 is 0. The van der Waals surface area contributed by atoms with Crippen molar-refractivity contribution in [2.75, 3.05) is 13.1 Å². The van der Waals surface area contributed by atoms with Gasteiger partial charge in [0.05, 0.1) is 0 Å². The highest BCUT2D eigenvalue weighted by molar-refractivity contribution is 4.97. The van der Waals surface area contributed by atoms with Crippen molar-refractivity contribution in [3.63, 3.8) is 0 Å². The maximum Gasteiger partial charge on any atom is 0.101 e. The molecule has 0 saturated carbocycles. The highest BCUT2D eigenvalue weighted by Crippen LogP contribution is 2.23. The maximum atomic E-state index is 2.67. The van der Waals surface area contributed by atoms with E-state index in [0.717, 1.165) is 0 Å². The molecule has 0 saturated heterocycles. The van der Waals surface area contributed by atoms with Gasteiger partial charge in [0.2, 0.25) is 0 Å². The Hall–Kier alpha value is -0.660. The van der Waals surface area contributed by atoms with E-state index in [9.17, 15) is 0 Å². The first kappa shape index (κ1) is 27.4. The van der Waals surface area contributed by atoms with Gasteiger partial charge in [0, 0.05) is 25.5 Å². The van der Waals surface area contributed by atoms with Gasteiger partial charge >= 0.3 is 0 Å². The Morgan fingerprint density at radius 3 is 1.20 bits per heavy atom. The minimum Gasteiger partial charge on any atom is -0.356 e. The molecule has 30 heavy (non-hydrogen) atoms. The molecule has 0 aliphatic carbocycles. The van der Waals surface area contributed by atoms with Gasteiger partial charge in [0.25, 0.3) is 0 Å². The van der Waals surface area contributed by atoms with Gasteiger partial charge in [0.15, 0.2) is 0 Å². The minimum atomic E-state index is 0.645. The summed E-state index contributed by atoms with van der Waals surface area (Å²) in [4.78, 5) is 5.34. The monoisotopic (exact) mass is 420 g/mol. The molecule has 0 spiro atoms. The van der Waals surface area contributed by atoms with Crippen LogP contribution < -0.4 is 0 Å². The number of unbranched alkanes of at least 4 members (excludes halogenated alkanes) is 16. The highest BCUT2D eigenvalue weighted by atomic mass is 15.4.